The summed E-state index contributed by atoms with van der Waals surface area (Å²) in [5.74, 6) is 2.91. The van der Waals surface area contributed by atoms with Gasteiger partial charge in [0.15, 0.2) is 0 Å². The number of carbonyl (C=O) groups is 2. The molecule has 1 aromatic carbocycles. The lowest BCUT2D eigenvalue weighted by Crippen LogP contribution is -2.43. The Morgan fingerprint density at radius 1 is 1.35 bits per heavy atom. The maximum atomic E-state index is 12.1. The molecule has 2 N–H and O–H groups in total. The van der Waals surface area contributed by atoms with E-state index in [1.54, 1.807) is 20.8 Å². The van der Waals surface area contributed by atoms with Gasteiger partial charge in [0, 0.05) is 12.1 Å². The van der Waals surface area contributed by atoms with E-state index in [4.69, 9.17) is 10.6 Å². The molecule has 0 fully saturated rings. The number of carbonyl (C=O) groups excluding carboxylic acids is 2. The molecular formula is C15H20N2O6. The number of esters is 1. The van der Waals surface area contributed by atoms with Crippen molar-refractivity contribution in [3.05, 3.63) is 39.9 Å². The summed E-state index contributed by atoms with van der Waals surface area (Å²) in [4.78, 5) is 38.6. The molecule has 0 radical (unpaired) electrons. The molecule has 0 saturated carbocycles. The van der Waals surface area contributed by atoms with Crippen LogP contribution < -0.4 is 5.90 Å². The van der Waals surface area contributed by atoms with Crippen LogP contribution in [0.15, 0.2) is 24.3 Å². The number of benzene rings is 1. The highest BCUT2D eigenvalue weighted by Crippen LogP contribution is 2.34. The summed E-state index contributed by atoms with van der Waals surface area (Å²) in [5.41, 5.74) is -0.674. The summed E-state index contributed by atoms with van der Waals surface area (Å²) >= 11 is 0. The first kappa shape index (κ1) is 18.6. The molecule has 0 amide bonds. The first-order valence-corrected chi connectivity index (χ1v) is 7.07. The van der Waals surface area contributed by atoms with Crippen molar-refractivity contribution in [2.24, 2.45) is 17.2 Å². The molecule has 8 heteroatoms. The second kappa shape index (κ2) is 7.68. The van der Waals surface area contributed by atoms with E-state index in [2.05, 4.69) is 4.84 Å². The van der Waals surface area contributed by atoms with Crippen LogP contribution in [0.5, 0.6) is 0 Å². The van der Waals surface area contributed by atoms with Gasteiger partial charge in [-0.25, -0.2) is 4.79 Å². The Hall–Kier alpha value is -2.48. The molecule has 0 saturated heterocycles. The Balaban J connectivity index is 3.08. The molecule has 0 heterocycles. The molecule has 0 aliphatic rings. The second-order valence-electron chi connectivity index (χ2n) is 5.40. The predicted molar refractivity (Wildman–Crippen MR) is 81.0 cm³/mol. The lowest BCUT2D eigenvalue weighted by molar-refractivity contribution is -0.384. The molecule has 8 nitrogen and oxygen atoms in total. The van der Waals surface area contributed by atoms with E-state index < -0.39 is 28.2 Å². The predicted octanol–water partition coefficient (Wildman–Crippen LogP) is 1.76. The van der Waals surface area contributed by atoms with Gasteiger partial charge < -0.3 is 9.57 Å². The normalized spacial score (nSPS) is 14.4. The number of nitrogens with zero attached hydrogens (tertiary/aromatic N) is 1. The third kappa shape index (κ3) is 4.26. The maximum Gasteiger partial charge on any atom is 0.331 e. The van der Waals surface area contributed by atoms with Crippen molar-refractivity contribution in [1.29, 1.82) is 0 Å². The van der Waals surface area contributed by atoms with Crippen LogP contribution in [0.2, 0.25) is 0 Å². The van der Waals surface area contributed by atoms with Crippen molar-refractivity contribution >= 4 is 17.6 Å². The van der Waals surface area contributed by atoms with Gasteiger partial charge in [-0.3, -0.25) is 14.9 Å². The van der Waals surface area contributed by atoms with E-state index in [9.17, 15) is 19.7 Å². The number of hydrogen-bond donors (Lipinski definition) is 1. The van der Waals surface area contributed by atoms with E-state index in [-0.39, 0.29) is 18.7 Å². The fourth-order valence-corrected chi connectivity index (χ4v) is 2.22. The monoisotopic (exact) mass is 324 g/mol. The fraction of sp³-hybridized carbons (Fsp3) is 0.467. The summed E-state index contributed by atoms with van der Waals surface area (Å²) in [6.07, 6.45) is 0.126. The van der Waals surface area contributed by atoms with Crippen molar-refractivity contribution in [2.45, 2.75) is 27.2 Å². The summed E-state index contributed by atoms with van der Waals surface area (Å²) < 4.78 is 4.96. The van der Waals surface area contributed by atoms with Crippen LogP contribution in [0.4, 0.5) is 5.69 Å². The van der Waals surface area contributed by atoms with Crippen molar-refractivity contribution in [1.82, 2.24) is 0 Å². The highest BCUT2D eigenvalue weighted by Gasteiger charge is 2.45. The summed E-state index contributed by atoms with van der Waals surface area (Å²) in [6.45, 7) is 4.96. The van der Waals surface area contributed by atoms with Crippen LogP contribution in [0, 0.1) is 21.4 Å². The summed E-state index contributed by atoms with van der Waals surface area (Å²) in [5, 5.41) is 10.7. The zero-order chi connectivity index (χ0) is 17.6. The first-order valence-electron chi connectivity index (χ1n) is 7.07. The summed E-state index contributed by atoms with van der Waals surface area (Å²) in [7, 11) is 0. The topological polar surface area (TPSA) is 122 Å². The number of ether oxygens (including phenoxy) is 1. The van der Waals surface area contributed by atoms with Gasteiger partial charge in [-0.15, -0.1) is 0 Å². The second-order valence-corrected chi connectivity index (χ2v) is 5.40. The highest BCUT2D eigenvalue weighted by atomic mass is 16.7. The number of hydrogen-bond acceptors (Lipinski definition) is 7. The van der Waals surface area contributed by atoms with E-state index >= 15 is 0 Å². The number of nitro groups is 1. The molecule has 0 aliphatic carbocycles. The SMILES string of the molecule is CCOC(=O)[C@@H](C)[C@](C)(Cc1ccc([N+](=O)[O-])cc1)C(=O)ON. The number of non-ortho nitro benzene ring substituents is 1. The minimum Gasteiger partial charge on any atom is -0.466 e. The standard InChI is InChI=1S/C15H20N2O6/c1-4-22-13(18)10(2)15(3,14(19)23-16)9-11-5-7-12(8-6-11)17(20)21/h5-8,10H,4,9,16H2,1-3H3/t10-,15+/m1/s1. The van der Waals surface area contributed by atoms with E-state index in [0.717, 1.165) is 0 Å². The molecule has 126 valence electrons. The lowest BCUT2D eigenvalue weighted by atomic mass is 9.73. The van der Waals surface area contributed by atoms with Crippen molar-refractivity contribution in [2.75, 3.05) is 6.61 Å². The molecule has 0 aliphatic heterocycles. The van der Waals surface area contributed by atoms with Gasteiger partial charge in [0.1, 0.15) is 0 Å². The zero-order valence-electron chi connectivity index (χ0n) is 13.3. The average molecular weight is 324 g/mol. The van der Waals surface area contributed by atoms with Gasteiger partial charge in [0.05, 0.1) is 22.9 Å². The fourth-order valence-electron chi connectivity index (χ4n) is 2.22. The Kier molecular flexibility index (Phi) is 6.20. The van der Waals surface area contributed by atoms with Crippen molar-refractivity contribution in [3.63, 3.8) is 0 Å². The quantitative estimate of drug-likeness (QED) is 0.460. The van der Waals surface area contributed by atoms with Crippen LogP contribution >= 0.6 is 0 Å². The molecule has 2 atom stereocenters. The number of rotatable bonds is 7. The van der Waals surface area contributed by atoms with Crippen LogP contribution in [0.25, 0.3) is 0 Å². The van der Waals surface area contributed by atoms with E-state index in [1.807, 2.05) is 0 Å². The van der Waals surface area contributed by atoms with Gasteiger partial charge in [-0.05, 0) is 25.8 Å². The highest BCUT2D eigenvalue weighted by molar-refractivity contribution is 5.85. The molecule has 23 heavy (non-hydrogen) atoms. The minimum absolute atomic E-state index is 0.0599. The van der Waals surface area contributed by atoms with E-state index in [0.29, 0.717) is 5.56 Å². The lowest BCUT2D eigenvalue weighted by Gasteiger charge is -2.31. The minimum atomic E-state index is -1.25. The zero-order valence-corrected chi connectivity index (χ0v) is 13.3. The average Bonchev–Trinajstić information content (AvgIpc) is 2.53. The van der Waals surface area contributed by atoms with Crippen LogP contribution in [-0.4, -0.2) is 23.5 Å². The van der Waals surface area contributed by atoms with Gasteiger partial charge in [0.25, 0.3) is 5.69 Å². The first-order chi connectivity index (χ1) is 10.8. The van der Waals surface area contributed by atoms with E-state index in [1.165, 1.54) is 24.3 Å². The van der Waals surface area contributed by atoms with Crippen LogP contribution in [-0.2, 0) is 25.6 Å². The van der Waals surface area contributed by atoms with Gasteiger partial charge >= 0.3 is 11.9 Å². The van der Waals surface area contributed by atoms with Crippen molar-refractivity contribution in [3.8, 4) is 0 Å². The maximum absolute atomic E-state index is 12.1. The Morgan fingerprint density at radius 2 is 1.91 bits per heavy atom. The molecule has 0 spiro atoms. The molecule has 0 unspecified atom stereocenters. The van der Waals surface area contributed by atoms with Gasteiger partial charge in [-0.1, -0.05) is 19.1 Å². The molecule has 0 aromatic heterocycles. The molecule has 0 bridgehead atoms. The number of nitrogens with two attached hydrogens (primary N) is 1. The third-order valence-corrected chi connectivity index (χ3v) is 3.89. The Labute approximate surface area is 133 Å². The van der Waals surface area contributed by atoms with Gasteiger partial charge in [0.2, 0.25) is 0 Å². The molecule has 1 aromatic rings. The third-order valence-electron chi connectivity index (χ3n) is 3.89. The number of nitro benzene ring substituents is 1. The van der Waals surface area contributed by atoms with Gasteiger partial charge in [-0.2, -0.15) is 5.90 Å². The van der Waals surface area contributed by atoms with Crippen LogP contribution in [0.3, 0.4) is 0 Å². The van der Waals surface area contributed by atoms with Crippen LogP contribution in [0.1, 0.15) is 26.3 Å². The molecular weight excluding hydrogens is 304 g/mol. The largest absolute Gasteiger partial charge is 0.466 e. The Morgan fingerprint density at radius 3 is 2.35 bits per heavy atom. The Bertz CT molecular complexity index is 586. The molecule has 1 rings (SSSR count). The smallest absolute Gasteiger partial charge is 0.331 e. The van der Waals surface area contributed by atoms with Crippen molar-refractivity contribution < 1.29 is 24.1 Å². The summed E-state index contributed by atoms with van der Waals surface area (Å²) in [6, 6.07) is 5.72.